The minimum atomic E-state index is -0.733. The molecule has 0 aliphatic carbocycles. The molecule has 6 nitrogen and oxygen atoms in total. The molecule has 168 valence electrons. The molecule has 2 saturated heterocycles. The van der Waals surface area contributed by atoms with Gasteiger partial charge in [0, 0.05) is 36.8 Å². The van der Waals surface area contributed by atoms with Crippen molar-refractivity contribution >= 4 is 81.0 Å². The second kappa shape index (κ2) is 10.4. The smallest absolute Gasteiger partial charge is 0.266 e. The second-order valence-corrected chi connectivity index (χ2v) is 10.6. The van der Waals surface area contributed by atoms with Crippen LogP contribution in [0.5, 0.6) is 0 Å². The van der Waals surface area contributed by atoms with Gasteiger partial charge < -0.3 is 4.90 Å². The summed E-state index contributed by atoms with van der Waals surface area (Å²) in [4.78, 5) is 30.3. The van der Waals surface area contributed by atoms with E-state index in [4.69, 9.17) is 47.0 Å². The highest BCUT2D eigenvalue weighted by Gasteiger charge is 2.42. The second-order valence-electron chi connectivity index (χ2n) is 7.76. The first-order chi connectivity index (χ1) is 14.6. The first-order valence-corrected chi connectivity index (χ1v) is 12.1. The topological polar surface area (TPSA) is 55.9 Å². The Balaban J connectivity index is 1.84. The number of benzene rings is 1. The number of thiocarbonyl (C=S) groups is 1. The molecule has 2 aliphatic heterocycles. The van der Waals surface area contributed by atoms with Crippen LogP contribution in [0.25, 0.3) is 6.08 Å². The van der Waals surface area contributed by atoms with E-state index in [2.05, 4.69) is 10.3 Å². The van der Waals surface area contributed by atoms with Crippen LogP contribution in [0.15, 0.2) is 17.0 Å². The van der Waals surface area contributed by atoms with Crippen LogP contribution in [0.2, 0.25) is 15.1 Å². The fourth-order valence-electron chi connectivity index (χ4n) is 3.38. The minimum Gasteiger partial charge on any atom is -0.304 e. The van der Waals surface area contributed by atoms with Gasteiger partial charge in [-0.2, -0.15) is 0 Å². The minimum absolute atomic E-state index is 0.146. The molecular formula is C20H23Cl3N4O2S2. The summed E-state index contributed by atoms with van der Waals surface area (Å²) in [6, 6.07) is 2.47. The van der Waals surface area contributed by atoms with E-state index in [1.807, 2.05) is 25.9 Å². The van der Waals surface area contributed by atoms with Crippen LogP contribution < -0.4 is 5.43 Å². The average molecular weight is 522 g/mol. The zero-order valence-electron chi connectivity index (χ0n) is 17.3. The Bertz CT molecular complexity index is 933. The number of halogens is 3. The first-order valence-electron chi connectivity index (χ1n) is 9.74. The van der Waals surface area contributed by atoms with Gasteiger partial charge in [-0.3, -0.25) is 19.9 Å². The summed E-state index contributed by atoms with van der Waals surface area (Å²) < 4.78 is 0.317. The molecule has 1 N–H and O–H groups in total. The van der Waals surface area contributed by atoms with E-state index in [1.165, 1.54) is 4.90 Å². The Hall–Kier alpha value is -0.870. The van der Waals surface area contributed by atoms with E-state index in [1.54, 1.807) is 18.2 Å². The lowest BCUT2D eigenvalue weighted by Gasteiger charge is -2.35. The standard InChI is InChI=1S/C20H23Cl3N4O2S2/c1-11(2)17(18(28)24-26-8-6-25(3)7-9-26)27-19(29)15(31-20(27)30)10-12-13(21)4-5-14(22)16(12)23/h4-5,10-11,17H,6-9H2,1-3H3,(H,24,28)/b15-10-. The predicted molar refractivity (Wildman–Crippen MR) is 132 cm³/mol. The van der Waals surface area contributed by atoms with E-state index in [0.717, 1.165) is 37.9 Å². The molecule has 0 saturated carbocycles. The number of carbonyl (C=O) groups excluding carboxylic acids is 2. The molecule has 1 aromatic rings. The monoisotopic (exact) mass is 520 g/mol. The van der Waals surface area contributed by atoms with E-state index >= 15 is 0 Å². The van der Waals surface area contributed by atoms with Crippen LogP contribution in [0.1, 0.15) is 19.4 Å². The van der Waals surface area contributed by atoms with Gasteiger partial charge in [-0.05, 0) is 31.2 Å². The summed E-state index contributed by atoms with van der Waals surface area (Å²) in [6.45, 7) is 6.94. The molecule has 1 unspecified atom stereocenters. The van der Waals surface area contributed by atoms with Crippen molar-refractivity contribution in [1.82, 2.24) is 20.2 Å². The van der Waals surface area contributed by atoms with Crippen LogP contribution in [0.4, 0.5) is 0 Å². The number of carbonyl (C=O) groups is 2. The van der Waals surface area contributed by atoms with E-state index in [0.29, 0.717) is 24.8 Å². The molecule has 1 atom stereocenters. The highest BCUT2D eigenvalue weighted by atomic mass is 35.5. The predicted octanol–water partition coefficient (Wildman–Crippen LogP) is 4.15. The molecule has 1 aromatic carbocycles. The lowest BCUT2D eigenvalue weighted by Crippen LogP contribution is -2.58. The number of nitrogens with zero attached hydrogens (tertiary/aromatic N) is 3. The Labute approximate surface area is 206 Å². The molecule has 0 spiro atoms. The van der Waals surface area contributed by atoms with Crippen molar-refractivity contribution in [3.8, 4) is 0 Å². The van der Waals surface area contributed by atoms with Crippen LogP contribution in [0, 0.1) is 5.92 Å². The summed E-state index contributed by atoms with van der Waals surface area (Å²) in [6.07, 6.45) is 1.58. The summed E-state index contributed by atoms with van der Waals surface area (Å²) in [5, 5.41) is 2.84. The Morgan fingerprint density at radius 2 is 1.77 bits per heavy atom. The normalized spacial score (nSPS) is 20.7. The van der Waals surface area contributed by atoms with Gasteiger partial charge in [-0.1, -0.05) is 72.6 Å². The van der Waals surface area contributed by atoms with Crippen LogP contribution >= 0.6 is 58.8 Å². The quantitative estimate of drug-likeness (QED) is 0.357. The summed E-state index contributed by atoms with van der Waals surface area (Å²) in [5.74, 6) is -0.752. The maximum absolute atomic E-state index is 13.2. The van der Waals surface area contributed by atoms with Crippen molar-refractivity contribution in [3.05, 3.63) is 37.7 Å². The third kappa shape index (κ3) is 5.55. The molecule has 2 heterocycles. The third-order valence-electron chi connectivity index (χ3n) is 5.13. The molecule has 0 aromatic heterocycles. The zero-order chi connectivity index (χ0) is 22.9. The van der Waals surface area contributed by atoms with Gasteiger partial charge in [0.1, 0.15) is 10.4 Å². The third-order valence-corrected chi connectivity index (χ3v) is 7.61. The van der Waals surface area contributed by atoms with Crippen molar-refractivity contribution < 1.29 is 9.59 Å². The summed E-state index contributed by atoms with van der Waals surface area (Å²) >= 11 is 25.2. The number of piperazine rings is 1. The molecule has 3 rings (SSSR count). The van der Waals surface area contributed by atoms with E-state index in [-0.39, 0.29) is 22.8 Å². The maximum Gasteiger partial charge on any atom is 0.266 e. The van der Waals surface area contributed by atoms with E-state index in [9.17, 15) is 9.59 Å². The number of thioether (sulfide) groups is 1. The summed E-state index contributed by atoms with van der Waals surface area (Å²) in [7, 11) is 2.04. The molecule has 0 radical (unpaired) electrons. The number of likely N-dealkylation sites (N-methyl/N-ethyl adjacent to an activating group) is 1. The molecule has 2 fully saturated rings. The number of amides is 2. The Kier molecular flexibility index (Phi) is 8.29. The van der Waals surface area contributed by atoms with Gasteiger partial charge in [-0.25, -0.2) is 5.01 Å². The lowest BCUT2D eigenvalue weighted by molar-refractivity contribution is -0.138. The first kappa shape index (κ1) is 24.8. The van der Waals surface area contributed by atoms with Crippen molar-refractivity contribution in [2.24, 2.45) is 5.92 Å². The molecule has 0 bridgehead atoms. The SMILES string of the molecule is CC(C)C(C(=O)NN1CCN(C)CC1)N1C(=O)/C(=C/c2c(Cl)ccc(Cl)c2Cl)SC1=S. The van der Waals surface area contributed by atoms with Gasteiger partial charge in [0.05, 0.1) is 15.0 Å². The maximum atomic E-state index is 13.2. The van der Waals surface area contributed by atoms with Crippen molar-refractivity contribution in [3.63, 3.8) is 0 Å². The molecule has 11 heteroatoms. The van der Waals surface area contributed by atoms with Gasteiger partial charge in [-0.15, -0.1) is 0 Å². The van der Waals surface area contributed by atoms with Crippen LogP contribution in [0.3, 0.4) is 0 Å². The fraction of sp³-hybridized carbons (Fsp3) is 0.450. The van der Waals surface area contributed by atoms with E-state index < -0.39 is 6.04 Å². The zero-order valence-corrected chi connectivity index (χ0v) is 21.2. The molecular weight excluding hydrogens is 499 g/mol. The number of rotatable bonds is 5. The van der Waals surface area contributed by atoms with Crippen molar-refractivity contribution in [2.45, 2.75) is 19.9 Å². The van der Waals surface area contributed by atoms with Crippen LogP contribution in [-0.2, 0) is 9.59 Å². The number of hydrazine groups is 1. The van der Waals surface area contributed by atoms with Gasteiger partial charge in [0.2, 0.25) is 0 Å². The average Bonchev–Trinajstić information content (AvgIpc) is 2.97. The largest absolute Gasteiger partial charge is 0.304 e. The molecule has 31 heavy (non-hydrogen) atoms. The molecule has 2 amide bonds. The fourth-order valence-corrected chi connectivity index (χ4v) is 5.34. The highest BCUT2D eigenvalue weighted by molar-refractivity contribution is 8.26. The van der Waals surface area contributed by atoms with Gasteiger partial charge >= 0.3 is 0 Å². The Morgan fingerprint density at radius 3 is 2.39 bits per heavy atom. The molecule has 2 aliphatic rings. The van der Waals surface area contributed by atoms with Crippen molar-refractivity contribution in [2.75, 3.05) is 33.2 Å². The Morgan fingerprint density at radius 1 is 1.16 bits per heavy atom. The van der Waals surface area contributed by atoms with Crippen molar-refractivity contribution in [1.29, 1.82) is 0 Å². The number of hydrogen-bond acceptors (Lipinski definition) is 6. The lowest BCUT2D eigenvalue weighted by atomic mass is 10.0. The van der Waals surface area contributed by atoms with Crippen LogP contribution in [-0.4, -0.2) is 70.2 Å². The highest BCUT2D eigenvalue weighted by Crippen LogP contribution is 2.39. The number of nitrogens with one attached hydrogen (secondary N) is 1. The van der Waals surface area contributed by atoms with Gasteiger partial charge in [0.25, 0.3) is 11.8 Å². The van der Waals surface area contributed by atoms with Gasteiger partial charge in [0.15, 0.2) is 0 Å². The number of hydrogen-bond donors (Lipinski definition) is 1. The summed E-state index contributed by atoms with van der Waals surface area (Å²) in [5.41, 5.74) is 3.40.